The average molecular weight is 231 g/mol. The van der Waals surface area contributed by atoms with Gasteiger partial charge in [-0.05, 0) is 11.4 Å². The van der Waals surface area contributed by atoms with Crippen LogP contribution in [0.3, 0.4) is 0 Å². The molecule has 1 unspecified atom stereocenters. The Hall–Kier alpha value is -1.01. The molecule has 0 aliphatic carbocycles. The molecule has 0 aliphatic heterocycles. The van der Waals surface area contributed by atoms with Gasteiger partial charge in [-0.25, -0.2) is 4.79 Å². The van der Waals surface area contributed by atoms with Crippen molar-refractivity contribution in [3.63, 3.8) is 0 Å². The summed E-state index contributed by atoms with van der Waals surface area (Å²) >= 11 is 5.22. The van der Waals surface area contributed by atoms with E-state index in [1.807, 2.05) is 0 Å². The molecule has 4 nitrogen and oxygen atoms in total. The number of carbonyl (C=O) groups excluding carboxylic acids is 1. The SMILES string of the molecule is O=C(NC(CS)C(=O)O)c1ccsc1. The number of carboxylic acid groups (broad SMARTS) is 1. The molecule has 1 aromatic heterocycles. The van der Waals surface area contributed by atoms with Crippen LogP contribution < -0.4 is 5.32 Å². The standard InChI is InChI=1S/C8H9NO3S2/c10-7(5-1-2-14-4-5)9-6(3-13)8(11)12/h1-2,4,6,13H,3H2,(H,9,10)(H,11,12). The van der Waals surface area contributed by atoms with Gasteiger partial charge in [0.05, 0.1) is 5.56 Å². The molecule has 0 aromatic carbocycles. The predicted molar refractivity (Wildman–Crippen MR) is 57.1 cm³/mol. The minimum atomic E-state index is -1.08. The first-order chi connectivity index (χ1) is 6.65. The minimum absolute atomic E-state index is 0.0746. The fraction of sp³-hybridized carbons (Fsp3) is 0.250. The van der Waals surface area contributed by atoms with Crippen molar-refractivity contribution in [1.29, 1.82) is 0 Å². The van der Waals surface area contributed by atoms with Crippen LogP contribution in [-0.2, 0) is 4.79 Å². The maximum Gasteiger partial charge on any atom is 0.327 e. The number of hydrogen-bond donors (Lipinski definition) is 3. The molecule has 1 aromatic rings. The highest BCUT2D eigenvalue weighted by molar-refractivity contribution is 7.80. The van der Waals surface area contributed by atoms with Crippen molar-refractivity contribution in [3.8, 4) is 0 Å². The third kappa shape index (κ3) is 2.74. The first-order valence-corrected chi connectivity index (χ1v) is 5.39. The van der Waals surface area contributed by atoms with E-state index in [4.69, 9.17) is 5.11 Å². The highest BCUT2D eigenvalue weighted by Crippen LogP contribution is 2.05. The summed E-state index contributed by atoms with van der Waals surface area (Å²) in [6.07, 6.45) is 0. The third-order valence-electron chi connectivity index (χ3n) is 1.57. The van der Waals surface area contributed by atoms with Crippen molar-refractivity contribution in [2.24, 2.45) is 0 Å². The van der Waals surface area contributed by atoms with Gasteiger partial charge in [-0.15, -0.1) is 0 Å². The molecule has 0 saturated heterocycles. The van der Waals surface area contributed by atoms with Gasteiger partial charge in [0.25, 0.3) is 5.91 Å². The molecule has 2 N–H and O–H groups in total. The fourth-order valence-corrected chi connectivity index (χ4v) is 1.70. The van der Waals surface area contributed by atoms with E-state index in [2.05, 4.69) is 17.9 Å². The number of thiol groups is 1. The lowest BCUT2D eigenvalue weighted by molar-refractivity contribution is -0.138. The second-order valence-corrected chi connectivity index (χ2v) is 3.70. The Morgan fingerprint density at radius 1 is 1.64 bits per heavy atom. The second kappa shape index (κ2) is 5.02. The summed E-state index contributed by atoms with van der Waals surface area (Å²) in [6, 6.07) is 0.697. The van der Waals surface area contributed by atoms with E-state index in [9.17, 15) is 9.59 Å². The van der Waals surface area contributed by atoms with Gasteiger partial charge in [0.15, 0.2) is 0 Å². The van der Waals surface area contributed by atoms with Crippen LogP contribution >= 0.6 is 24.0 Å². The zero-order valence-electron chi connectivity index (χ0n) is 7.14. The Bertz CT molecular complexity index is 323. The van der Waals surface area contributed by atoms with E-state index in [1.165, 1.54) is 11.3 Å². The Kier molecular flexibility index (Phi) is 3.97. The normalized spacial score (nSPS) is 12.1. The number of aliphatic carboxylic acids is 1. The first kappa shape index (κ1) is 11.1. The lowest BCUT2D eigenvalue weighted by Gasteiger charge is -2.10. The van der Waals surface area contributed by atoms with Crippen LogP contribution in [0.4, 0.5) is 0 Å². The summed E-state index contributed by atoms with van der Waals surface area (Å²) in [5.41, 5.74) is 0.475. The van der Waals surface area contributed by atoms with Gasteiger partial charge in [-0.1, -0.05) is 0 Å². The lowest BCUT2D eigenvalue weighted by atomic mass is 10.3. The van der Waals surface area contributed by atoms with Gasteiger partial charge < -0.3 is 10.4 Å². The molecule has 76 valence electrons. The summed E-state index contributed by atoms with van der Waals surface area (Å²) in [4.78, 5) is 22.0. The number of rotatable bonds is 4. The fourth-order valence-electron chi connectivity index (χ4n) is 0.821. The number of carbonyl (C=O) groups is 2. The molecule has 0 radical (unpaired) electrons. The zero-order valence-corrected chi connectivity index (χ0v) is 8.85. The van der Waals surface area contributed by atoms with E-state index < -0.39 is 12.0 Å². The lowest BCUT2D eigenvalue weighted by Crippen LogP contribution is -2.41. The van der Waals surface area contributed by atoms with Crippen LogP contribution in [0.1, 0.15) is 10.4 Å². The van der Waals surface area contributed by atoms with Gasteiger partial charge in [-0.2, -0.15) is 24.0 Å². The molecule has 0 saturated carbocycles. The number of hydrogen-bond acceptors (Lipinski definition) is 4. The summed E-state index contributed by atoms with van der Waals surface area (Å²) in [5.74, 6) is -1.39. The topological polar surface area (TPSA) is 66.4 Å². The first-order valence-electron chi connectivity index (χ1n) is 3.82. The van der Waals surface area contributed by atoms with Crippen LogP contribution in [0.25, 0.3) is 0 Å². The number of amides is 1. The van der Waals surface area contributed by atoms with E-state index in [1.54, 1.807) is 16.8 Å². The number of carboxylic acids is 1. The minimum Gasteiger partial charge on any atom is -0.480 e. The van der Waals surface area contributed by atoms with Gasteiger partial charge in [0, 0.05) is 11.1 Å². The third-order valence-corrected chi connectivity index (χ3v) is 2.62. The summed E-state index contributed by atoms with van der Waals surface area (Å²) in [6.45, 7) is 0. The van der Waals surface area contributed by atoms with E-state index in [0.29, 0.717) is 5.56 Å². The van der Waals surface area contributed by atoms with Crippen molar-refractivity contribution in [2.45, 2.75) is 6.04 Å². The van der Waals surface area contributed by atoms with E-state index in [0.717, 1.165) is 0 Å². The average Bonchev–Trinajstić information content (AvgIpc) is 2.65. The molecular weight excluding hydrogens is 222 g/mol. The molecule has 0 spiro atoms. The molecule has 0 fully saturated rings. The molecule has 6 heteroatoms. The van der Waals surface area contributed by atoms with Gasteiger partial charge in [0.1, 0.15) is 6.04 Å². The van der Waals surface area contributed by atoms with Crippen molar-refractivity contribution < 1.29 is 14.7 Å². The zero-order chi connectivity index (χ0) is 10.6. The van der Waals surface area contributed by atoms with Crippen LogP contribution in [0.15, 0.2) is 16.8 Å². The molecule has 1 rings (SSSR count). The van der Waals surface area contributed by atoms with E-state index >= 15 is 0 Å². The summed E-state index contributed by atoms with van der Waals surface area (Å²) in [5, 5.41) is 14.4. The second-order valence-electron chi connectivity index (χ2n) is 2.56. The molecular formula is C8H9NO3S2. The van der Waals surface area contributed by atoms with Crippen molar-refractivity contribution >= 4 is 35.8 Å². The monoisotopic (exact) mass is 231 g/mol. The maximum absolute atomic E-state index is 11.4. The summed E-state index contributed by atoms with van der Waals surface area (Å²) in [7, 11) is 0. The van der Waals surface area contributed by atoms with Gasteiger partial charge in [0.2, 0.25) is 0 Å². The molecule has 0 aliphatic rings. The molecule has 1 amide bonds. The highest BCUT2D eigenvalue weighted by atomic mass is 32.1. The smallest absolute Gasteiger partial charge is 0.327 e. The molecule has 14 heavy (non-hydrogen) atoms. The number of thiophene rings is 1. The molecule has 1 atom stereocenters. The van der Waals surface area contributed by atoms with E-state index in [-0.39, 0.29) is 11.7 Å². The molecule has 0 bridgehead atoms. The number of nitrogens with one attached hydrogen (secondary N) is 1. The quantitative estimate of drug-likeness (QED) is 0.673. The molecule has 1 heterocycles. The Labute approximate surface area is 90.4 Å². The Balaban J connectivity index is 2.60. The van der Waals surface area contributed by atoms with Crippen LogP contribution in [-0.4, -0.2) is 28.8 Å². The van der Waals surface area contributed by atoms with Crippen molar-refractivity contribution in [1.82, 2.24) is 5.32 Å². The largest absolute Gasteiger partial charge is 0.480 e. The van der Waals surface area contributed by atoms with Crippen LogP contribution in [0, 0.1) is 0 Å². The van der Waals surface area contributed by atoms with Crippen molar-refractivity contribution in [2.75, 3.05) is 5.75 Å². The Morgan fingerprint density at radius 2 is 2.36 bits per heavy atom. The maximum atomic E-state index is 11.4. The van der Waals surface area contributed by atoms with Crippen LogP contribution in [0.2, 0.25) is 0 Å². The summed E-state index contributed by atoms with van der Waals surface area (Å²) < 4.78 is 0. The van der Waals surface area contributed by atoms with Crippen molar-refractivity contribution in [3.05, 3.63) is 22.4 Å². The van der Waals surface area contributed by atoms with Crippen LogP contribution in [0.5, 0.6) is 0 Å². The highest BCUT2D eigenvalue weighted by Gasteiger charge is 2.18. The predicted octanol–water partition coefficient (Wildman–Crippen LogP) is 0.861. The van der Waals surface area contributed by atoms with Gasteiger partial charge >= 0.3 is 5.97 Å². The Morgan fingerprint density at radius 3 is 2.79 bits per heavy atom. The van der Waals surface area contributed by atoms with Gasteiger partial charge in [-0.3, -0.25) is 4.79 Å².